The molecule has 0 aliphatic carbocycles. The topological polar surface area (TPSA) is 108 Å². The summed E-state index contributed by atoms with van der Waals surface area (Å²) in [7, 11) is 1.54. The third-order valence-electron chi connectivity index (χ3n) is 6.96. The first-order valence-corrected chi connectivity index (χ1v) is 10.6. The second-order valence-electron chi connectivity index (χ2n) is 8.48. The second kappa shape index (κ2) is 7.32. The van der Waals surface area contributed by atoms with E-state index in [9.17, 15) is 19.5 Å². The van der Waals surface area contributed by atoms with Crippen LogP contribution in [0.15, 0.2) is 42.5 Å². The Hall–Kier alpha value is -2.97. The fourth-order valence-corrected chi connectivity index (χ4v) is 5.75. The van der Waals surface area contributed by atoms with Crippen LogP contribution in [-0.4, -0.2) is 65.7 Å². The zero-order valence-corrected chi connectivity index (χ0v) is 17.2. The number of likely N-dealkylation sites (tertiary alicyclic amines) is 1. The highest BCUT2D eigenvalue weighted by molar-refractivity contribution is 6.04. The normalized spacial score (nSPS) is 31.2. The first-order chi connectivity index (χ1) is 15.0. The van der Waals surface area contributed by atoms with E-state index < -0.39 is 23.5 Å². The zero-order chi connectivity index (χ0) is 21.8. The van der Waals surface area contributed by atoms with Crippen LogP contribution in [0, 0.1) is 11.8 Å². The summed E-state index contributed by atoms with van der Waals surface area (Å²) in [5.74, 6) is -2.25. The third-order valence-corrected chi connectivity index (χ3v) is 6.96. The number of aliphatic hydroxyl groups excluding tert-OH is 1. The predicted molar refractivity (Wildman–Crippen MR) is 113 cm³/mol. The largest absolute Gasteiger partial charge is 0.395 e. The molecule has 2 bridgehead atoms. The Kier molecular flexibility index (Phi) is 4.71. The molecular formula is C23H25N3O5. The number of ether oxygens (including phenoxy) is 1. The zero-order valence-electron chi connectivity index (χ0n) is 17.2. The van der Waals surface area contributed by atoms with Crippen molar-refractivity contribution in [2.45, 2.75) is 30.6 Å². The summed E-state index contributed by atoms with van der Waals surface area (Å²) in [6.07, 6.45) is 0.773. The lowest BCUT2D eigenvalue weighted by Gasteiger charge is -2.33. The first kappa shape index (κ1) is 20.0. The molecule has 5 rings (SSSR count). The molecule has 8 nitrogen and oxygen atoms in total. The molecule has 2 unspecified atom stereocenters. The molecule has 3 N–H and O–H groups in total. The summed E-state index contributed by atoms with van der Waals surface area (Å²) in [6.45, 7) is -0.260. The fraction of sp³-hybridized carbons (Fsp3) is 0.435. The van der Waals surface area contributed by atoms with Crippen molar-refractivity contribution in [3.8, 4) is 0 Å². The van der Waals surface area contributed by atoms with Crippen LogP contribution in [0.1, 0.15) is 12.8 Å². The van der Waals surface area contributed by atoms with Crippen LogP contribution in [0.4, 0.5) is 5.69 Å². The maximum atomic E-state index is 13.5. The number of anilines is 1. The molecule has 3 saturated heterocycles. The lowest BCUT2D eigenvalue weighted by atomic mass is 9.70. The third kappa shape index (κ3) is 2.85. The predicted octanol–water partition coefficient (Wildman–Crippen LogP) is 0.891. The average Bonchev–Trinajstić information content (AvgIpc) is 3.41. The Morgan fingerprint density at radius 3 is 2.71 bits per heavy atom. The Morgan fingerprint density at radius 1 is 1.19 bits per heavy atom. The molecule has 0 aromatic heterocycles. The van der Waals surface area contributed by atoms with Crippen LogP contribution < -0.4 is 10.6 Å². The summed E-state index contributed by atoms with van der Waals surface area (Å²) < 4.78 is 6.24. The quantitative estimate of drug-likeness (QED) is 0.662. The van der Waals surface area contributed by atoms with Crippen LogP contribution in [0.5, 0.6) is 0 Å². The Morgan fingerprint density at radius 2 is 1.97 bits per heavy atom. The van der Waals surface area contributed by atoms with Gasteiger partial charge >= 0.3 is 0 Å². The van der Waals surface area contributed by atoms with Gasteiger partial charge < -0.3 is 25.4 Å². The number of hydrogen-bond donors (Lipinski definition) is 3. The van der Waals surface area contributed by atoms with Gasteiger partial charge in [0.15, 0.2) is 0 Å². The van der Waals surface area contributed by atoms with E-state index in [1.54, 1.807) is 0 Å². The molecule has 0 radical (unpaired) electrons. The highest BCUT2D eigenvalue weighted by Crippen LogP contribution is 2.58. The van der Waals surface area contributed by atoms with Crippen molar-refractivity contribution in [3.63, 3.8) is 0 Å². The minimum absolute atomic E-state index is 0.0153. The van der Waals surface area contributed by atoms with E-state index in [0.717, 1.165) is 10.8 Å². The van der Waals surface area contributed by atoms with Crippen molar-refractivity contribution in [1.82, 2.24) is 10.2 Å². The Bertz CT molecular complexity index is 1070. The molecule has 5 atom stereocenters. The molecule has 3 aliphatic rings. The number of amides is 3. The Balaban J connectivity index is 1.49. The van der Waals surface area contributed by atoms with Crippen molar-refractivity contribution in [1.29, 1.82) is 0 Å². The maximum Gasteiger partial charge on any atom is 0.250 e. The van der Waals surface area contributed by atoms with Crippen molar-refractivity contribution in [3.05, 3.63) is 42.5 Å². The van der Waals surface area contributed by atoms with E-state index in [4.69, 9.17) is 4.74 Å². The van der Waals surface area contributed by atoms with Crippen molar-refractivity contribution >= 4 is 34.2 Å². The van der Waals surface area contributed by atoms with Crippen LogP contribution >= 0.6 is 0 Å². The minimum atomic E-state index is -1.05. The van der Waals surface area contributed by atoms with Gasteiger partial charge in [-0.25, -0.2) is 0 Å². The summed E-state index contributed by atoms with van der Waals surface area (Å²) in [4.78, 5) is 40.7. The molecule has 162 valence electrons. The number of carbonyl (C=O) groups is 3. The standard InChI is InChI=1S/C23H25N3O5/c1-24-20(28)17-16-8-9-23(31-16)18(17)22(30)26(10-11-27)19(23)21(29)25-15-7-6-13-4-2-3-5-14(13)12-15/h2-7,12,16-19,27H,8-11H2,1H3,(H,24,28)(H,25,29)/t16-,17+,18-,19?,23?/m0/s1. The van der Waals surface area contributed by atoms with E-state index in [0.29, 0.717) is 18.5 Å². The van der Waals surface area contributed by atoms with Gasteiger partial charge in [0, 0.05) is 19.3 Å². The molecule has 2 aromatic rings. The van der Waals surface area contributed by atoms with Gasteiger partial charge in [-0.3, -0.25) is 14.4 Å². The number of benzene rings is 2. The molecule has 31 heavy (non-hydrogen) atoms. The number of nitrogens with zero attached hydrogens (tertiary/aromatic N) is 1. The molecule has 3 aliphatic heterocycles. The molecule has 8 heteroatoms. The van der Waals surface area contributed by atoms with Gasteiger partial charge in [-0.15, -0.1) is 0 Å². The molecule has 2 aromatic carbocycles. The van der Waals surface area contributed by atoms with E-state index in [2.05, 4.69) is 10.6 Å². The van der Waals surface area contributed by atoms with Gasteiger partial charge in [0.05, 0.1) is 24.5 Å². The van der Waals surface area contributed by atoms with Crippen molar-refractivity contribution in [2.24, 2.45) is 11.8 Å². The van der Waals surface area contributed by atoms with Crippen LogP contribution in [0.3, 0.4) is 0 Å². The van der Waals surface area contributed by atoms with Crippen LogP contribution in [0.25, 0.3) is 10.8 Å². The van der Waals surface area contributed by atoms with Crippen LogP contribution in [-0.2, 0) is 19.1 Å². The first-order valence-electron chi connectivity index (χ1n) is 10.6. The van der Waals surface area contributed by atoms with E-state index in [1.165, 1.54) is 11.9 Å². The summed E-state index contributed by atoms with van der Waals surface area (Å²) in [6, 6.07) is 12.6. The molecule has 0 saturated carbocycles. The second-order valence-corrected chi connectivity index (χ2v) is 8.48. The van der Waals surface area contributed by atoms with Gasteiger partial charge in [-0.05, 0) is 35.7 Å². The van der Waals surface area contributed by atoms with E-state index >= 15 is 0 Å². The smallest absolute Gasteiger partial charge is 0.250 e. The summed E-state index contributed by atoms with van der Waals surface area (Å²) >= 11 is 0. The summed E-state index contributed by atoms with van der Waals surface area (Å²) in [5.41, 5.74) is -0.426. The van der Waals surface area contributed by atoms with Gasteiger partial charge in [-0.1, -0.05) is 30.3 Å². The highest BCUT2D eigenvalue weighted by atomic mass is 16.5. The lowest BCUT2D eigenvalue weighted by molar-refractivity contribution is -0.141. The summed E-state index contributed by atoms with van der Waals surface area (Å²) in [5, 5.41) is 17.2. The van der Waals surface area contributed by atoms with E-state index in [-0.39, 0.29) is 37.0 Å². The van der Waals surface area contributed by atoms with E-state index in [1.807, 2.05) is 42.5 Å². The van der Waals surface area contributed by atoms with Crippen molar-refractivity contribution < 1.29 is 24.2 Å². The lowest BCUT2D eigenvalue weighted by Crippen LogP contribution is -2.53. The molecule has 1 spiro atoms. The number of hydrogen-bond acceptors (Lipinski definition) is 5. The fourth-order valence-electron chi connectivity index (χ4n) is 5.75. The molecule has 3 heterocycles. The van der Waals surface area contributed by atoms with Gasteiger partial charge in [0.2, 0.25) is 17.7 Å². The molecular weight excluding hydrogens is 398 g/mol. The number of nitrogens with one attached hydrogen (secondary N) is 2. The maximum absolute atomic E-state index is 13.5. The van der Waals surface area contributed by atoms with Crippen LogP contribution in [0.2, 0.25) is 0 Å². The average molecular weight is 423 g/mol. The number of carbonyl (C=O) groups excluding carboxylic acids is 3. The molecule has 3 fully saturated rings. The van der Waals surface area contributed by atoms with Crippen molar-refractivity contribution in [2.75, 3.05) is 25.5 Å². The van der Waals surface area contributed by atoms with Gasteiger partial charge in [0.25, 0.3) is 0 Å². The monoisotopic (exact) mass is 423 g/mol. The highest BCUT2D eigenvalue weighted by Gasteiger charge is 2.74. The number of rotatable bonds is 5. The number of aliphatic hydroxyl groups is 1. The van der Waals surface area contributed by atoms with Gasteiger partial charge in [-0.2, -0.15) is 0 Å². The number of fused-ring (bicyclic) bond motifs is 2. The number of β-amino-alcohol motifs (C(OH)–C–C–N with tert-alkyl or cyclic N) is 1. The SMILES string of the molecule is CNC(=O)[C@@H]1[C@@H]2CCC3(O2)C(C(=O)Nc2ccc4ccccc4c2)N(CCO)C(=O)[C@H]13. The molecule has 3 amide bonds. The minimum Gasteiger partial charge on any atom is -0.395 e. The Labute approximate surface area is 179 Å². The van der Waals surface area contributed by atoms with Gasteiger partial charge in [0.1, 0.15) is 11.6 Å².